The second-order valence-corrected chi connectivity index (χ2v) is 4.01. The average molecular weight is 225 g/mol. The molecular formula is C12H16FNO2. The highest BCUT2D eigenvalue weighted by Gasteiger charge is 2.23. The Labute approximate surface area is 94.5 Å². The number of nitrogens with one attached hydrogen (secondary N) is 1. The highest BCUT2D eigenvalue weighted by molar-refractivity contribution is 5.34. The van der Waals surface area contributed by atoms with Gasteiger partial charge in [-0.05, 0) is 24.8 Å². The van der Waals surface area contributed by atoms with E-state index in [-0.39, 0.29) is 5.82 Å². The number of hydrogen-bond donors (Lipinski definition) is 1. The Morgan fingerprint density at radius 3 is 2.94 bits per heavy atom. The molecule has 0 spiro atoms. The van der Waals surface area contributed by atoms with Crippen molar-refractivity contribution in [3.63, 3.8) is 0 Å². The molecule has 0 saturated heterocycles. The van der Waals surface area contributed by atoms with Crippen molar-refractivity contribution in [2.24, 2.45) is 5.92 Å². The van der Waals surface area contributed by atoms with Gasteiger partial charge in [0, 0.05) is 12.1 Å². The van der Waals surface area contributed by atoms with Gasteiger partial charge in [0.25, 0.3) is 0 Å². The van der Waals surface area contributed by atoms with Crippen molar-refractivity contribution >= 4 is 0 Å². The van der Waals surface area contributed by atoms with E-state index in [4.69, 9.17) is 9.57 Å². The van der Waals surface area contributed by atoms with Crippen LogP contribution >= 0.6 is 0 Å². The third-order valence-electron chi connectivity index (χ3n) is 2.62. The van der Waals surface area contributed by atoms with Crippen LogP contribution in [0.2, 0.25) is 0 Å². The van der Waals surface area contributed by atoms with Gasteiger partial charge in [-0.15, -0.1) is 0 Å². The number of halogens is 1. The minimum absolute atomic E-state index is 0.309. The third-order valence-corrected chi connectivity index (χ3v) is 2.62. The summed E-state index contributed by atoms with van der Waals surface area (Å²) in [6, 6.07) is 4.92. The van der Waals surface area contributed by atoms with Gasteiger partial charge in [-0.3, -0.25) is 0 Å². The van der Waals surface area contributed by atoms with Gasteiger partial charge >= 0.3 is 0 Å². The Morgan fingerprint density at radius 1 is 1.44 bits per heavy atom. The van der Waals surface area contributed by atoms with E-state index in [1.165, 1.54) is 26.0 Å². The van der Waals surface area contributed by atoms with Gasteiger partial charge in [0.2, 0.25) is 0 Å². The Hall–Kier alpha value is -1.13. The fraction of sp³-hybridized carbons (Fsp3) is 0.500. The van der Waals surface area contributed by atoms with Crippen molar-refractivity contribution in [3.8, 4) is 5.75 Å². The van der Waals surface area contributed by atoms with Gasteiger partial charge in [-0.1, -0.05) is 12.1 Å². The molecule has 1 aliphatic rings. The van der Waals surface area contributed by atoms with Gasteiger partial charge in [0.05, 0.1) is 13.7 Å². The Morgan fingerprint density at radius 2 is 2.25 bits per heavy atom. The van der Waals surface area contributed by atoms with Crippen molar-refractivity contribution in [3.05, 3.63) is 29.6 Å². The van der Waals surface area contributed by atoms with E-state index in [2.05, 4.69) is 5.48 Å². The molecule has 0 radical (unpaired) electrons. The Kier molecular flexibility index (Phi) is 3.74. The highest BCUT2D eigenvalue weighted by Crippen LogP contribution is 2.31. The number of rotatable bonds is 6. The van der Waals surface area contributed by atoms with Gasteiger partial charge in [0.15, 0.2) is 11.6 Å². The number of para-hydroxylation sites is 1. The molecule has 3 nitrogen and oxygen atoms in total. The van der Waals surface area contributed by atoms with E-state index in [9.17, 15) is 4.39 Å². The molecule has 1 fully saturated rings. The van der Waals surface area contributed by atoms with Crippen LogP contribution in [-0.2, 0) is 11.4 Å². The summed E-state index contributed by atoms with van der Waals surface area (Å²) in [5.41, 5.74) is 3.47. The summed E-state index contributed by atoms with van der Waals surface area (Å²) in [5.74, 6) is 0.651. The lowest BCUT2D eigenvalue weighted by Gasteiger charge is -2.12. The van der Waals surface area contributed by atoms with Crippen molar-refractivity contribution in [2.75, 3.05) is 13.7 Å². The molecule has 0 aromatic heterocycles. The molecule has 1 N–H and O–H groups in total. The van der Waals surface area contributed by atoms with Crippen LogP contribution in [0.15, 0.2) is 18.2 Å². The second kappa shape index (κ2) is 5.27. The van der Waals surface area contributed by atoms with E-state index in [0.717, 1.165) is 5.56 Å². The van der Waals surface area contributed by atoms with E-state index >= 15 is 0 Å². The highest BCUT2D eigenvalue weighted by atomic mass is 19.1. The Bertz CT molecular complexity index is 353. The lowest BCUT2D eigenvalue weighted by molar-refractivity contribution is 0.0857. The predicted molar refractivity (Wildman–Crippen MR) is 58.5 cm³/mol. The monoisotopic (exact) mass is 225 g/mol. The van der Waals surface area contributed by atoms with Crippen molar-refractivity contribution < 1.29 is 14.0 Å². The fourth-order valence-corrected chi connectivity index (χ4v) is 1.49. The van der Waals surface area contributed by atoms with Crippen molar-refractivity contribution in [1.82, 2.24) is 5.48 Å². The van der Waals surface area contributed by atoms with Gasteiger partial charge in [-0.2, -0.15) is 5.48 Å². The molecule has 2 rings (SSSR count). The zero-order chi connectivity index (χ0) is 11.4. The van der Waals surface area contributed by atoms with E-state index in [1.54, 1.807) is 6.07 Å². The average Bonchev–Trinajstić information content (AvgIpc) is 3.09. The maximum atomic E-state index is 13.6. The topological polar surface area (TPSA) is 30.5 Å². The predicted octanol–water partition coefficient (Wildman–Crippen LogP) is 2.27. The molecule has 0 aliphatic heterocycles. The van der Waals surface area contributed by atoms with E-state index < -0.39 is 0 Å². The van der Waals surface area contributed by atoms with Gasteiger partial charge in [-0.25, -0.2) is 4.39 Å². The lowest BCUT2D eigenvalue weighted by atomic mass is 10.2. The van der Waals surface area contributed by atoms with Crippen LogP contribution in [0.3, 0.4) is 0 Å². The second-order valence-electron chi connectivity index (χ2n) is 4.01. The van der Waals surface area contributed by atoms with Gasteiger partial charge in [0.1, 0.15) is 0 Å². The summed E-state index contributed by atoms with van der Waals surface area (Å²) in [6.45, 7) is 1.05. The molecule has 1 aromatic carbocycles. The van der Waals surface area contributed by atoms with Crippen LogP contribution in [-0.4, -0.2) is 13.7 Å². The molecule has 16 heavy (non-hydrogen) atoms. The first-order valence-electron chi connectivity index (χ1n) is 5.47. The zero-order valence-corrected chi connectivity index (χ0v) is 9.33. The summed E-state index contributed by atoms with van der Waals surface area (Å²) in [5, 5.41) is 0. The first kappa shape index (κ1) is 11.4. The van der Waals surface area contributed by atoms with Crippen molar-refractivity contribution in [1.29, 1.82) is 0 Å². The summed E-state index contributed by atoms with van der Waals surface area (Å²) >= 11 is 0. The number of hydrogen-bond acceptors (Lipinski definition) is 3. The SMILES string of the molecule is CONCc1cccc(F)c1OCC1CC1. The largest absolute Gasteiger partial charge is 0.490 e. The third kappa shape index (κ3) is 2.93. The minimum Gasteiger partial charge on any atom is -0.490 e. The molecule has 4 heteroatoms. The molecule has 88 valence electrons. The number of hydroxylamine groups is 1. The van der Waals surface area contributed by atoms with Gasteiger partial charge < -0.3 is 9.57 Å². The fourth-order valence-electron chi connectivity index (χ4n) is 1.49. The van der Waals surface area contributed by atoms with E-state index in [0.29, 0.717) is 24.8 Å². The van der Waals surface area contributed by atoms with Crippen LogP contribution < -0.4 is 10.2 Å². The molecule has 0 bridgehead atoms. The molecule has 1 saturated carbocycles. The van der Waals surface area contributed by atoms with Crippen molar-refractivity contribution in [2.45, 2.75) is 19.4 Å². The summed E-state index contributed by atoms with van der Waals surface area (Å²) < 4.78 is 19.1. The Balaban J connectivity index is 2.04. The standard InChI is InChI=1S/C12H16FNO2/c1-15-14-7-10-3-2-4-11(13)12(10)16-8-9-5-6-9/h2-4,9,14H,5-8H2,1H3. The zero-order valence-electron chi connectivity index (χ0n) is 9.33. The summed E-state index contributed by atoms with van der Waals surface area (Å²) in [6.07, 6.45) is 2.39. The van der Waals surface area contributed by atoms with Crippen LogP contribution in [0.25, 0.3) is 0 Å². The van der Waals surface area contributed by atoms with E-state index in [1.807, 2.05) is 6.07 Å². The first-order chi connectivity index (χ1) is 7.81. The smallest absolute Gasteiger partial charge is 0.165 e. The minimum atomic E-state index is -0.309. The molecule has 0 heterocycles. The molecule has 0 unspecified atom stereocenters. The maximum Gasteiger partial charge on any atom is 0.165 e. The maximum absolute atomic E-state index is 13.6. The molecule has 1 aliphatic carbocycles. The first-order valence-corrected chi connectivity index (χ1v) is 5.47. The van der Waals surface area contributed by atoms with Crippen LogP contribution in [0.5, 0.6) is 5.75 Å². The van der Waals surface area contributed by atoms with Crippen LogP contribution in [0.1, 0.15) is 18.4 Å². The lowest BCUT2D eigenvalue weighted by Crippen LogP contribution is -2.13. The molecular weight excluding hydrogens is 209 g/mol. The number of ether oxygens (including phenoxy) is 1. The molecule has 1 aromatic rings. The normalized spacial score (nSPS) is 15.1. The summed E-state index contributed by atoms with van der Waals surface area (Å²) in [4.78, 5) is 4.75. The van der Waals surface area contributed by atoms with Crippen LogP contribution in [0.4, 0.5) is 4.39 Å². The number of benzene rings is 1. The quantitative estimate of drug-likeness (QED) is 0.753. The molecule has 0 amide bonds. The molecule has 0 atom stereocenters. The van der Waals surface area contributed by atoms with Crippen LogP contribution in [0, 0.1) is 11.7 Å². The summed E-state index contributed by atoms with van der Waals surface area (Å²) in [7, 11) is 1.53.